The summed E-state index contributed by atoms with van der Waals surface area (Å²) in [6.07, 6.45) is 1.25. The highest BCUT2D eigenvalue weighted by Gasteiger charge is 2.27. The van der Waals surface area contributed by atoms with E-state index in [4.69, 9.17) is 4.74 Å². The van der Waals surface area contributed by atoms with Crippen molar-refractivity contribution in [3.8, 4) is 0 Å². The number of carbonyl (C=O) groups is 2. The maximum Gasteiger partial charge on any atom is 0.270 e. The molecule has 1 amide bonds. The van der Waals surface area contributed by atoms with Gasteiger partial charge in [-0.05, 0) is 30.7 Å². The first-order valence-corrected chi connectivity index (χ1v) is 7.40. The van der Waals surface area contributed by atoms with Crippen LogP contribution in [0.4, 0.5) is 4.39 Å². The maximum absolute atomic E-state index is 13.0. The Bertz CT molecular complexity index is 724. The van der Waals surface area contributed by atoms with E-state index in [1.807, 2.05) is 0 Å². The molecule has 1 aromatic carbocycles. The van der Waals surface area contributed by atoms with Crippen LogP contribution >= 0.6 is 0 Å². The summed E-state index contributed by atoms with van der Waals surface area (Å²) in [5, 5.41) is 0. The zero-order chi connectivity index (χ0) is 16.4. The zero-order valence-corrected chi connectivity index (χ0v) is 12.7. The van der Waals surface area contributed by atoms with Gasteiger partial charge in [-0.3, -0.25) is 9.59 Å². The molecule has 1 N–H and O–H groups in total. The Kier molecular flexibility index (Phi) is 4.25. The van der Waals surface area contributed by atoms with Gasteiger partial charge in [0.2, 0.25) is 0 Å². The number of nitrogens with one attached hydrogen (secondary N) is 1. The number of halogens is 1. The molecule has 0 radical (unpaired) electrons. The molecule has 1 atom stereocenters. The van der Waals surface area contributed by atoms with Crippen LogP contribution in [0.5, 0.6) is 0 Å². The fraction of sp³-hybridized carbons (Fsp3) is 0.294. The van der Waals surface area contributed by atoms with Gasteiger partial charge in [0, 0.05) is 18.3 Å². The molecule has 5 nitrogen and oxygen atoms in total. The Morgan fingerprint density at radius 3 is 2.70 bits per heavy atom. The summed E-state index contributed by atoms with van der Waals surface area (Å²) in [5.41, 5.74) is 1.70. The predicted octanol–water partition coefficient (Wildman–Crippen LogP) is 2.57. The number of ketones is 1. The molecule has 1 saturated heterocycles. The van der Waals surface area contributed by atoms with E-state index >= 15 is 0 Å². The quantitative estimate of drug-likeness (QED) is 0.885. The lowest BCUT2D eigenvalue weighted by Crippen LogP contribution is -2.42. The second-order valence-corrected chi connectivity index (χ2v) is 5.52. The van der Waals surface area contributed by atoms with Crippen molar-refractivity contribution < 1.29 is 18.7 Å². The number of morpholine rings is 1. The number of hydrogen-bond acceptors (Lipinski definition) is 3. The molecule has 2 heterocycles. The summed E-state index contributed by atoms with van der Waals surface area (Å²) in [4.78, 5) is 28.4. The average Bonchev–Trinajstić information content (AvgIpc) is 3.05. The maximum atomic E-state index is 13.0. The normalized spacial score (nSPS) is 18.0. The predicted molar refractivity (Wildman–Crippen MR) is 81.8 cm³/mol. The number of amides is 1. The molecule has 1 unspecified atom stereocenters. The first-order chi connectivity index (χ1) is 11.0. The summed E-state index contributed by atoms with van der Waals surface area (Å²) in [6, 6.07) is 7.65. The van der Waals surface area contributed by atoms with Crippen LogP contribution < -0.4 is 0 Å². The zero-order valence-electron chi connectivity index (χ0n) is 12.7. The minimum Gasteiger partial charge on any atom is -0.370 e. The monoisotopic (exact) mass is 316 g/mol. The number of aromatic nitrogens is 1. The highest BCUT2D eigenvalue weighted by molar-refractivity contribution is 5.99. The fourth-order valence-corrected chi connectivity index (χ4v) is 2.60. The van der Waals surface area contributed by atoms with E-state index in [2.05, 4.69) is 4.98 Å². The SMILES string of the molecule is CC(=O)c1c[nH]c(C(=O)N2CCOC(c3ccc(F)cc3)C2)c1. The van der Waals surface area contributed by atoms with Crippen molar-refractivity contribution in [3.63, 3.8) is 0 Å². The third-order valence-electron chi connectivity index (χ3n) is 3.92. The lowest BCUT2D eigenvalue weighted by molar-refractivity contribution is -0.0230. The molecule has 2 aromatic rings. The Morgan fingerprint density at radius 1 is 1.30 bits per heavy atom. The molecular formula is C17H17FN2O3. The topological polar surface area (TPSA) is 62.4 Å². The molecule has 120 valence electrons. The van der Waals surface area contributed by atoms with Crippen LogP contribution in [0.3, 0.4) is 0 Å². The Labute approximate surface area is 133 Å². The van der Waals surface area contributed by atoms with Crippen LogP contribution in [0.25, 0.3) is 0 Å². The van der Waals surface area contributed by atoms with Crippen molar-refractivity contribution in [1.29, 1.82) is 0 Å². The van der Waals surface area contributed by atoms with E-state index in [0.717, 1.165) is 5.56 Å². The van der Waals surface area contributed by atoms with E-state index in [0.29, 0.717) is 31.0 Å². The van der Waals surface area contributed by atoms with Gasteiger partial charge in [0.15, 0.2) is 5.78 Å². The van der Waals surface area contributed by atoms with Gasteiger partial charge in [-0.25, -0.2) is 4.39 Å². The molecule has 0 spiro atoms. The van der Waals surface area contributed by atoms with E-state index < -0.39 is 0 Å². The highest BCUT2D eigenvalue weighted by atomic mass is 19.1. The summed E-state index contributed by atoms with van der Waals surface area (Å²) < 4.78 is 18.7. The van der Waals surface area contributed by atoms with Gasteiger partial charge in [0.25, 0.3) is 5.91 Å². The van der Waals surface area contributed by atoms with E-state index in [-0.39, 0.29) is 23.6 Å². The van der Waals surface area contributed by atoms with Crippen molar-refractivity contribution in [2.24, 2.45) is 0 Å². The number of aromatic amines is 1. The van der Waals surface area contributed by atoms with Crippen LogP contribution in [0, 0.1) is 5.82 Å². The third-order valence-corrected chi connectivity index (χ3v) is 3.92. The molecule has 1 aliphatic rings. The number of nitrogens with zero attached hydrogens (tertiary/aromatic N) is 1. The van der Waals surface area contributed by atoms with Crippen LogP contribution in [0.2, 0.25) is 0 Å². The minimum atomic E-state index is -0.305. The second kappa shape index (κ2) is 6.34. The number of Topliss-reactive ketones (excluding diaryl/α,β-unsaturated/α-hetero) is 1. The average molecular weight is 316 g/mol. The van der Waals surface area contributed by atoms with Crippen molar-refractivity contribution in [2.75, 3.05) is 19.7 Å². The molecule has 1 aliphatic heterocycles. The van der Waals surface area contributed by atoms with Gasteiger partial charge in [0.1, 0.15) is 17.6 Å². The Hall–Kier alpha value is -2.47. The smallest absolute Gasteiger partial charge is 0.270 e. The Balaban J connectivity index is 1.73. The van der Waals surface area contributed by atoms with Gasteiger partial charge in [-0.15, -0.1) is 0 Å². The molecule has 23 heavy (non-hydrogen) atoms. The van der Waals surface area contributed by atoms with Gasteiger partial charge >= 0.3 is 0 Å². The molecule has 0 saturated carbocycles. The number of ether oxygens (including phenoxy) is 1. The van der Waals surface area contributed by atoms with Crippen LogP contribution in [-0.4, -0.2) is 41.3 Å². The number of benzene rings is 1. The van der Waals surface area contributed by atoms with Crippen LogP contribution in [0.1, 0.15) is 39.4 Å². The van der Waals surface area contributed by atoms with E-state index in [1.54, 1.807) is 23.1 Å². The van der Waals surface area contributed by atoms with E-state index in [1.165, 1.54) is 25.3 Å². The van der Waals surface area contributed by atoms with Gasteiger partial charge < -0.3 is 14.6 Å². The van der Waals surface area contributed by atoms with Gasteiger partial charge in [-0.2, -0.15) is 0 Å². The fourth-order valence-electron chi connectivity index (χ4n) is 2.60. The van der Waals surface area contributed by atoms with Crippen molar-refractivity contribution in [3.05, 3.63) is 59.2 Å². The first-order valence-electron chi connectivity index (χ1n) is 7.40. The summed E-state index contributed by atoms with van der Waals surface area (Å²) in [6.45, 7) is 2.73. The molecular weight excluding hydrogens is 299 g/mol. The number of H-pyrrole nitrogens is 1. The molecule has 1 aromatic heterocycles. The summed E-state index contributed by atoms with van der Waals surface area (Å²) >= 11 is 0. The second-order valence-electron chi connectivity index (χ2n) is 5.52. The van der Waals surface area contributed by atoms with Crippen LogP contribution in [0.15, 0.2) is 36.5 Å². The lowest BCUT2D eigenvalue weighted by Gasteiger charge is -2.33. The molecule has 6 heteroatoms. The van der Waals surface area contributed by atoms with Crippen molar-refractivity contribution in [2.45, 2.75) is 13.0 Å². The van der Waals surface area contributed by atoms with Crippen LogP contribution in [-0.2, 0) is 4.74 Å². The van der Waals surface area contributed by atoms with Crippen molar-refractivity contribution in [1.82, 2.24) is 9.88 Å². The van der Waals surface area contributed by atoms with Gasteiger partial charge in [-0.1, -0.05) is 12.1 Å². The van der Waals surface area contributed by atoms with E-state index in [9.17, 15) is 14.0 Å². The number of hydrogen-bond donors (Lipinski definition) is 1. The lowest BCUT2D eigenvalue weighted by atomic mass is 10.1. The number of rotatable bonds is 3. The van der Waals surface area contributed by atoms with Gasteiger partial charge in [0.05, 0.1) is 13.2 Å². The molecule has 1 fully saturated rings. The summed E-state index contributed by atoms with van der Waals surface area (Å²) in [7, 11) is 0. The standard InChI is InChI=1S/C17H17FN2O3/c1-11(21)13-8-15(19-9-13)17(22)20-6-7-23-16(10-20)12-2-4-14(18)5-3-12/h2-5,8-9,16,19H,6-7,10H2,1H3. The molecule has 3 rings (SSSR count). The number of carbonyl (C=O) groups excluding carboxylic acids is 2. The summed E-state index contributed by atoms with van der Waals surface area (Å²) in [5.74, 6) is -0.569. The Morgan fingerprint density at radius 2 is 2.04 bits per heavy atom. The molecule has 0 aliphatic carbocycles. The third kappa shape index (κ3) is 3.32. The van der Waals surface area contributed by atoms with Crippen molar-refractivity contribution >= 4 is 11.7 Å². The first kappa shape index (κ1) is 15.4. The largest absolute Gasteiger partial charge is 0.370 e. The molecule has 0 bridgehead atoms. The minimum absolute atomic E-state index is 0.0912. The highest BCUT2D eigenvalue weighted by Crippen LogP contribution is 2.23.